The molecule has 4 aliphatic carbocycles. The summed E-state index contributed by atoms with van der Waals surface area (Å²) in [4.78, 5) is 25.2. The van der Waals surface area contributed by atoms with Gasteiger partial charge >= 0.3 is 5.97 Å². The number of aliphatic hydroxyl groups excluding tert-OH is 1. The van der Waals surface area contributed by atoms with Crippen LogP contribution in [0.15, 0.2) is 0 Å². The minimum atomic E-state index is -4.09. The number of carbonyl (C=O) groups excluding carboxylic acids is 2. The van der Waals surface area contributed by atoms with Gasteiger partial charge in [-0.2, -0.15) is 8.42 Å². The zero-order valence-electron chi connectivity index (χ0n) is 31.4. The van der Waals surface area contributed by atoms with Crippen molar-refractivity contribution in [3.63, 3.8) is 0 Å². The van der Waals surface area contributed by atoms with Crippen molar-refractivity contribution in [3.8, 4) is 0 Å². The van der Waals surface area contributed by atoms with Gasteiger partial charge in [-0.3, -0.25) is 14.1 Å². The predicted octanol–water partition coefficient (Wildman–Crippen LogP) is 8.65. The first-order valence-corrected chi connectivity index (χ1v) is 22.0. The molecule has 4 aliphatic rings. The van der Waals surface area contributed by atoms with Crippen molar-refractivity contribution in [2.75, 3.05) is 12.3 Å². The van der Waals surface area contributed by atoms with E-state index in [1.165, 1.54) is 70.6 Å². The van der Waals surface area contributed by atoms with E-state index in [1.54, 1.807) is 0 Å². The average molecular weight is 710 g/mol. The van der Waals surface area contributed by atoms with Crippen LogP contribution in [0.3, 0.4) is 0 Å². The van der Waals surface area contributed by atoms with E-state index in [4.69, 9.17) is 9.29 Å². The van der Waals surface area contributed by atoms with E-state index in [2.05, 4.69) is 33.0 Å². The van der Waals surface area contributed by atoms with Crippen molar-refractivity contribution >= 4 is 22.0 Å². The zero-order valence-corrected chi connectivity index (χ0v) is 32.2. The molecule has 1 amide bonds. The van der Waals surface area contributed by atoms with E-state index in [1.807, 2.05) is 0 Å². The smallest absolute Gasteiger partial charge is 0.306 e. The summed E-state index contributed by atoms with van der Waals surface area (Å²) in [5, 5.41) is 14.5. The first-order chi connectivity index (χ1) is 23.3. The Morgan fingerprint density at radius 3 is 2.16 bits per heavy atom. The maximum absolute atomic E-state index is 12.8. The number of hydrogen-bond donors (Lipinski definition) is 3. The number of aliphatic hydroxyl groups is 1. The molecular weight excluding hydrogens is 639 g/mol. The van der Waals surface area contributed by atoms with Gasteiger partial charge in [0.05, 0.1) is 11.9 Å². The lowest BCUT2D eigenvalue weighted by Gasteiger charge is -2.62. The molecular formula is C40H71NO7S. The number of rotatable bonds is 20. The summed E-state index contributed by atoms with van der Waals surface area (Å²) in [6, 6.07) is 0. The fraction of sp³-hybridized carbons (Fsp3) is 0.950. The van der Waals surface area contributed by atoms with Crippen LogP contribution in [-0.2, 0) is 24.4 Å². The summed E-state index contributed by atoms with van der Waals surface area (Å²) in [5.74, 6) is 2.06. The fourth-order valence-corrected chi connectivity index (χ4v) is 11.8. The summed E-state index contributed by atoms with van der Waals surface area (Å²) in [6.45, 7) is 9.18. The van der Waals surface area contributed by atoms with Crippen LogP contribution < -0.4 is 5.32 Å². The highest BCUT2D eigenvalue weighted by molar-refractivity contribution is 7.85. The number of ether oxygens (including phenoxy) is 1. The first kappa shape index (κ1) is 40.6. The number of fused-ring (bicyclic) bond motifs is 5. The number of amides is 1. The van der Waals surface area contributed by atoms with Gasteiger partial charge in [0, 0.05) is 19.4 Å². The quantitative estimate of drug-likeness (QED) is 0.0655. The van der Waals surface area contributed by atoms with Crippen LogP contribution in [0.25, 0.3) is 0 Å². The van der Waals surface area contributed by atoms with Gasteiger partial charge in [0.1, 0.15) is 6.10 Å². The highest BCUT2D eigenvalue weighted by Gasteiger charge is 2.63. The molecule has 8 nitrogen and oxygen atoms in total. The van der Waals surface area contributed by atoms with Crippen molar-refractivity contribution in [1.82, 2.24) is 5.32 Å². The van der Waals surface area contributed by atoms with Gasteiger partial charge < -0.3 is 15.2 Å². The second kappa shape index (κ2) is 18.5. The van der Waals surface area contributed by atoms with Crippen LogP contribution in [0.1, 0.15) is 169 Å². The molecule has 0 heterocycles. The van der Waals surface area contributed by atoms with Gasteiger partial charge in [-0.1, -0.05) is 91.9 Å². The van der Waals surface area contributed by atoms with Crippen molar-refractivity contribution in [2.24, 2.45) is 46.3 Å². The first-order valence-electron chi connectivity index (χ1n) is 20.4. The molecule has 0 aliphatic heterocycles. The van der Waals surface area contributed by atoms with Gasteiger partial charge in [0.2, 0.25) is 5.91 Å². The summed E-state index contributed by atoms with van der Waals surface area (Å²) in [5.41, 5.74) is 0.0141. The summed E-state index contributed by atoms with van der Waals surface area (Å²) >= 11 is 0. The minimum absolute atomic E-state index is 0.0104. The third-order valence-electron chi connectivity index (χ3n) is 14.3. The van der Waals surface area contributed by atoms with Crippen LogP contribution in [0.2, 0.25) is 0 Å². The molecule has 10 atom stereocenters. The summed E-state index contributed by atoms with van der Waals surface area (Å²) in [6.07, 6.45) is 23.6. The zero-order chi connectivity index (χ0) is 35.7. The lowest BCUT2D eigenvalue weighted by molar-refractivity contribution is -0.181. The highest BCUT2D eigenvalue weighted by Crippen LogP contribution is 2.68. The van der Waals surface area contributed by atoms with E-state index in [0.717, 1.165) is 51.4 Å². The van der Waals surface area contributed by atoms with Gasteiger partial charge in [-0.05, 0) is 111 Å². The lowest BCUT2D eigenvalue weighted by atomic mass is 9.43. The molecule has 0 bridgehead atoms. The molecule has 49 heavy (non-hydrogen) atoms. The molecule has 4 rings (SSSR count). The van der Waals surface area contributed by atoms with Crippen LogP contribution in [0, 0.1) is 46.3 Å². The van der Waals surface area contributed by atoms with Crippen molar-refractivity contribution < 1.29 is 32.4 Å². The Kier molecular flexibility index (Phi) is 15.3. The Balaban J connectivity index is 1.20. The molecule has 4 saturated carbocycles. The van der Waals surface area contributed by atoms with E-state index in [0.29, 0.717) is 48.9 Å². The van der Waals surface area contributed by atoms with Crippen LogP contribution in [-0.4, -0.2) is 54.5 Å². The normalized spacial score (nSPS) is 34.8. The third kappa shape index (κ3) is 10.7. The highest BCUT2D eigenvalue weighted by atomic mass is 32.2. The van der Waals surface area contributed by atoms with Gasteiger partial charge in [0.15, 0.2) is 0 Å². The maximum atomic E-state index is 12.8. The monoisotopic (exact) mass is 709 g/mol. The Labute approximate surface area is 298 Å². The van der Waals surface area contributed by atoms with Crippen molar-refractivity contribution in [3.05, 3.63) is 0 Å². The summed E-state index contributed by atoms with van der Waals surface area (Å²) in [7, 11) is -4.09. The number of unbranched alkanes of at least 4 members (excludes halogenated alkanes) is 10. The molecule has 10 unspecified atom stereocenters. The third-order valence-corrected chi connectivity index (χ3v) is 15.0. The molecule has 4 fully saturated rings. The molecule has 0 aromatic rings. The predicted molar refractivity (Wildman–Crippen MR) is 195 cm³/mol. The van der Waals surface area contributed by atoms with Gasteiger partial charge in [-0.15, -0.1) is 0 Å². The van der Waals surface area contributed by atoms with Crippen LogP contribution in [0.5, 0.6) is 0 Å². The Morgan fingerprint density at radius 1 is 0.857 bits per heavy atom. The van der Waals surface area contributed by atoms with E-state index < -0.39 is 15.9 Å². The number of carbonyl (C=O) groups is 2. The lowest BCUT2D eigenvalue weighted by Crippen LogP contribution is -2.59. The van der Waals surface area contributed by atoms with Gasteiger partial charge in [0.25, 0.3) is 10.1 Å². The Bertz CT molecular complexity index is 1160. The Morgan fingerprint density at radius 2 is 1.51 bits per heavy atom. The molecule has 0 radical (unpaired) electrons. The van der Waals surface area contributed by atoms with Crippen molar-refractivity contribution in [1.29, 1.82) is 0 Å². The SMILES string of the molecule is CCCCCCCCCCCCCC(=O)OC1CCC2(C)C(CCC3C2CC(O)C2(C)C(C(C)CCC(=O)NCCS(=O)(=O)O)CCC32)C1. The molecule has 284 valence electrons. The average Bonchev–Trinajstić information content (AvgIpc) is 3.41. The summed E-state index contributed by atoms with van der Waals surface area (Å²) < 4.78 is 36.9. The number of nitrogens with one attached hydrogen (secondary N) is 1. The fourth-order valence-electron chi connectivity index (χ4n) is 11.4. The van der Waals surface area contributed by atoms with E-state index in [-0.39, 0.29) is 47.4 Å². The van der Waals surface area contributed by atoms with Crippen LogP contribution in [0.4, 0.5) is 0 Å². The van der Waals surface area contributed by atoms with Crippen LogP contribution >= 0.6 is 0 Å². The number of hydrogen-bond acceptors (Lipinski definition) is 6. The Hall–Kier alpha value is -1.19. The second-order valence-corrected chi connectivity index (χ2v) is 18.9. The minimum Gasteiger partial charge on any atom is -0.462 e. The number of esters is 1. The molecule has 9 heteroatoms. The molecule has 0 saturated heterocycles. The topological polar surface area (TPSA) is 130 Å². The van der Waals surface area contributed by atoms with Gasteiger partial charge in [-0.25, -0.2) is 0 Å². The molecule has 3 N–H and O–H groups in total. The second-order valence-electron chi connectivity index (χ2n) is 17.3. The van der Waals surface area contributed by atoms with Crippen molar-refractivity contribution in [2.45, 2.75) is 181 Å². The standard InChI is InChI=1S/C40H71NO7S/c1-5-6-7-8-9-10-11-12-13-14-15-16-38(44)48-31-23-24-39(3)30(27-31)18-19-32-34-21-20-33(40(34,4)36(42)28-35(32)39)29(2)17-22-37(43)41-25-26-49(45,46)47/h29-36,42H,5-28H2,1-4H3,(H,41,43)(H,45,46,47). The molecule has 0 aromatic carbocycles. The largest absolute Gasteiger partial charge is 0.462 e. The maximum Gasteiger partial charge on any atom is 0.306 e. The molecule has 0 aromatic heterocycles. The van der Waals surface area contributed by atoms with E-state index in [9.17, 15) is 23.1 Å². The van der Waals surface area contributed by atoms with E-state index >= 15 is 0 Å². The molecule has 0 spiro atoms.